The fourth-order valence-corrected chi connectivity index (χ4v) is 3.32. The van der Waals surface area contributed by atoms with Crippen LogP contribution < -0.4 is 5.73 Å². The number of thiazole rings is 1. The predicted molar refractivity (Wildman–Crippen MR) is 64.6 cm³/mol. The van der Waals surface area contributed by atoms with Crippen molar-refractivity contribution in [3.63, 3.8) is 0 Å². The quantitative estimate of drug-likeness (QED) is 0.875. The maximum absolute atomic E-state index is 6.53. The van der Waals surface area contributed by atoms with E-state index in [-0.39, 0.29) is 11.6 Å². The predicted octanol–water partition coefficient (Wildman–Crippen LogP) is 1.89. The molecule has 2 fully saturated rings. The summed E-state index contributed by atoms with van der Waals surface area (Å²) < 4.78 is 5.82. The molecule has 0 radical (unpaired) electrons. The number of hydrogen-bond acceptors (Lipinski definition) is 4. The average molecular weight is 238 g/mol. The van der Waals surface area contributed by atoms with Gasteiger partial charge in [0.05, 0.1) is 22.3 Å². The van der Waals surface area contributed by atoms with Crippen molar-refractivity contribution in [1.29, 1.82) is 0 Å². The summed E-state index contributed by atoms with van der Waals surface area (Å²) >= 11 is 1.70. The van der Waals surface area contributed by atoms with Gasteiger partial charge in [-0.25, -0.2) is 4.98 Å². The third kappa shape index (κ3) is 1.90. The summed E-state index contributed by atoms with van der Waals surface area (Å²) in [5, 5.41) is 3.26. The van der Waals surface area contributed by atoms with Gasteiger partial charge in [0.15, 0.2) is 0 Å². The Kier molecular flexibility index (Phi) is 2.53. The van der Waals surface area contributed by atoms with Gasteiger partial charge in [0.1, 0.15) is 0 Å². The largest absolute Gasteiger partial charge is 0.376 e. The van der Waals surface area contributed by atoms with Gasteiger partial charge in [-0.05, 0) is 32.1 Å². The minimum absolute atomic E-state index is 0.165. The SMILES string of the molecule is Cc1nc(CC2(N)CCOC2C2CC2)cs1. The summed E-state index contributed by atoms with van der Waals surface area (Å²) in [5.41, 5.74) is 7.50. The lowest BCUT2D eigenvalue weighted by Gasteiger charge is -2.29. The van der Waals surface area contributed by atoms with Gasteiger partial charge in [0.2, 0.25) is 0 Å². The molecule has 0 bridgehead atoms. The van der Waals surface area contributed by atoms with Crippen molar-refractivity contribution >= 4 is 11.3 Å². The van der Waals surface area contributed by atoms with Crippen LogP contribution in [0.25, 0.3) is 0 Å². The number of nitrogens with two attached hydrogens (primary N) is 1. The van der Waals surface area contributed by atoms with Crippen molar-refractivity contribution in [1.82, 2.24) is 4.98 Å². The molecule has 16 heavy (non-hydrogen) atoms. The molecule has 1 aromatic rings. The van der Waals surface area contributed by atoms with Crippen LogP contribution >= 0.6 is 11.3 Å². The van der Waals surface area contributed by atoms with Crippen molar-refractivity contribution in [3.05, 3.63) is 16.1 Å². The Morgan fingerprint density at radius 2 is 2.44 bits per heavy atom. The molecule has 0 aromatic carbocycles. The van der Waals surface area contributed by atoms with Gasteiger partial charge in [-0.15, -0.1) is 11.3 Å². The molecule has 2 atom stereocenters. The standard InChI is InChI=1S/C12H18N2OS/c1-8-14-10(7-16-8)6-12(13)4-5-15-11(12)9-2-3-9/h7,9,11H,2-6,13H2,1H3. The molecular formula is C12H18N2OS. The van der Waals surface area contributed by atoms with E-state index in [0.29, 0.717) is 5.92 Å². The van der Waals surface area contributed by atoms with E-state index >= 15 is 0 Å². The summed E-state index contributed by atoms with van der Waals surface area (Å²) in [6.07, 6.45) is 4.71. The summed E-state index contributed by atoms with van der Waals surface area (Å²) in [6.45, 7) is 2.86. The van der Waals surface area contributed by atoms with Gasteiger partial charge in [0, 0.05) is 18.4 Å². The number of nitrogens with zero attached hydrogens (tertiary/aromatic N) is 1. The fraction of sp³-hybridized carbons (Fsp3) is 0.750. The van der Waals surface area contributed by atoms with E-state index < -0.39 is 0 Å². The maximum Gasteiger partial charge on any atom is 0.0897 e. The molecule has 1 saturated carbocycles. The summed E-state index contributed by atoms with van der Waals surface area (Å²) in [5.74, 6) is 0.715. The summed E-state index contributed by atoms with van der Waals surface area (Å²) in [7, 11) is 0. The molecule has 3 nitrogen and oxygen atoms in total. The van der Waals surface area contributed by atoms with Gasteiger partial charge >= 0.3 is 0 Å². The van der Waals surface area contributed by atoms with E-state index in [0.717, 1.165) is 30.2 Å². The van der Waals surface area contributed by atoms with Gasteiger partial charge in [-0.1, -0.05) is 0 Å². The normalized spacial score (nSPS) is 34.5. The zero-order valence-electron chi connectivity index (χ0n) is 9.61. The van der Waals surface area contributed by atoms with Crippen LogP contribution in [0.5, 0.6) is 0 Å². The highest BCUT2D eigenvalue weighted by molar-refractivity contribution is 7.09. The topological polar surface area (TPSA) is 48.1 Å². The second-order valence-electron chi connectivity index (χ2n) is 5.15. The molecule has 0 spiro atoms. The van der Waals surface area contributed by atoms with Crippen LogP contribution in [-0.2, 0) is 11.2 Å². The molecule has 3 rings (SSSR count). The molecule has 0 amide bonds. The van der Waals surface area contributed by atoms with Crippen LogP contribution in [0.15, 0.2) is 5.38 Å². The number of hydrogen-bond donors (Lipinski definition) is 1. The minimum Gasteiger partial charge on any atom is -0.376 e. The highest BCUT2D eigenvalue weighted by Gasteiger charge is 2.48. The lowest BCUT2D eigenvalue weighted by molar-refractivity contribution is 0.0624. The average Bonchev–Trinajstić information content (AvgIpc) is 2.89. The molecule has 1 aromatic heterocycles. The second-order valence-corrected chi connectivity index (χ2v) is 6.21. The first-order chi connectivity index (χ1) is 7.67. The third-order valence-corrected chi connectivity index (χ3v) is 4.48. The smallest absolute Gasteiger partial charge is 0.0897 e. The molecule has 1 saturated heterocycles. The number of aromatic nitrogens is 1. The molecule has 1 aliphatic carbocycles. The molecule has 2 N–H and O–H groups in total. The van der Waals surface area contributed by atoms with Gasteiger partial charge in [-0.3, -0.25) is 0 Å². The molecular weight excluding hydrogens is 220 g/mol. The Hall–Kier alpha value is -0.450. The fourth-order valence-electron chi connectivity index (χ4n) is 2.70. The van der Waals surface area contributed by atoms with E-state index in [1.165, 1.54) is 12.8 Å². The van der Waals surface area contributed by atoms with Gasteiger partial charge in [-0.2, -0.15) is 0 Å². The highest BCUT2D eigenvalue weighted by atomic mass is 32.1. The lowest BCUT2D eigenvalue weighted by atomic mass is 9.85. The van der Waals surface area contributed by atoms with Crippen LogP contribution in [0.1, 0.15) is 30.0 Å². The maximum atomic E-state index is 6.53. The van der Waals surface area contributed by atoms with Crippen LogP contribution in [0.3, 0.4) is 0 Å². The zero-order chi connectivity index (χ0) is 11.2. The Bertz CT molecular complexity index is 388. The van der Waals surface area contributed by atoms with E-state index in [2.05, 4.69) is 10.4 Å². The number of rotatable bonds is 3. The van der Waals surface area contributed by atoms with Gasteiger partial charge in [0.25, 0.3) is 0 Å². The van der Waals surface area contributed by atoms with Gasteiger partial charge < -0.3 is 10.5 Å². The first kappa shape index (κ1) is 10.7. The molecule has 2 aliphatic rings. The summed E-state index contributed by atoms with van der Waals surface area (Å²) in [6, 6.07) is 0. The van der Waals surface area contributed by atoms with Crippen molar-refractivity contribution in [3.8, 4) is 0 Å². The van der Waals surface area contributed by atoms with Crippen molar-refractivity contribution in [2.24, 2.45) is 11.7 Å². The van der Waals surface area contributed by atoms with Crippen molar-refractivity contribution < 1.29 is 4.74 Å². The Labute approximate surface area is 100 Å². The Balaban J connectivity index is 1.76. The zero-order valence-corrected chi connectivity index (χ0v) is 10.4. The summed E-state index contributed by atoms with van der Waals surface area (Å²) in [4.78, 5) is 4.52. The molecule has 2 unspecified atom stereocenters. The van der Waals surface area contributed by atoms with Crippen LogP contribution in [0, 0.1) is 12.8 Å². The monoisotopic (exact) mass is 238 g/mol. The Morgan fingerprint density at radius 1 is 1.62 bits per heavy atom. The first-order valence-corrected chi connectivity index (χ1v) is 6.87. The number of aryl methyl sites for hydroxylation is 1. The van der Waals surface area contributed by atoms with Crippen molar-refractivity contribution in [2.75, 3.05) is 6.61 Å². The highest BCUT2D eigenvalue weighted by Crippen LogP contribution is 2.43. The van der Waals surface area contributed by atoms with Crippen molar-refractivity contribution in [2.45, 2.75) is 44.2 Å². The lowest BCUT2D eigenvalue weighted by Crippen LogP contribution is -2.50. The minimum atomic E-state index is -0.165. The molecule has 4 heteroatoms. The van der Waals surface area contributed by atoms with Crippen LogP contribution in [-0.4, -0.2) is 23.2 Å². The second kappa shape index (κ2) is 3.79. The van der Waals surface area contributed by atoms with E-state index in [1.807, 2.05) is 6.92 Å². The van der Waals surface area contributed by atoms with E-state index in [4.69, 9.17) is 10.5 Å². The number of ether oxygens (including phenoxy) is 1. The van der Waals surface area contributed by atoms with E-state index in [9.17, 15) is 0 Å². The molecule has 88 valence electrons. The molecule has 1 aliphatic heterocycles. The molecule has 2 heterocycles. The Morgan fingerprint density at radius 3 is 3.06 bits per heavy atom. The third-order valence-electron chi connectivity index (χ3n) is 3.66. The van der Waals surface area contributed by atoms with Crippen LogP contribution in [0.4, 0.5) is 0 Å². The first-order valence-electron chi connectivity index (χ1n) is 5.99. The van der Waals surface area contributed by atoms with E-state index in [1.54, 1.807) is 11.3 Å². The van der Waals surface area contributed by atoms with Crippen LogP contribution in [0.2, 0.25) is 0 Å².